The summed E-state index contributed by atoms with van der Waals surface area (Å²) in [6, 6.07) is 2.71. The van der Waals surface area contributed by atoms with Gasteiger partial charge in [0.15, 0.2) is 5.82 Å². The number of nitrogens with zero attached hydrogens (tertiary/aromatic N) is 2. The minimum atomic E-state index is -4.70. The molecule has 19 heavy (non-hydrogen) atoms. The molecule has 1 heterocycles. The van der Waals surface area contributed by atoms with Crippen LogP contribution in [-0.4, -0.2) is 15.3 Å². The third-order valence-corrected chi connectivity index (χ3v) is 2.91. The molecule has 0 aliphatic carbocycles. The summed E-state index contributed by atoms with van der Waals surface area (Å²) in [6.45, 7) is 2.43. The van der Waals surface area contributed by atoms with E-state index in [2.05, 4.69) is 14.1 Å². The van der Waals surface area contributed by atoms with Crippen molar-refractivity contribution in [3.63, 3.8) is 0 Å². The van der Waals surface area contributed by atoms with Crippen LogP contribution in [0.15, 0.2) is 18.2 Å². The lowest BCUT2D eigenvalue weighted by atomic mass is 10.1. The number of hydrogen-bond donors (Lipinski definition) is 1. The van der Waals surface area contributed by atoms with Crippen molar-refractivity contribution < 1.29 is 17.6 Å². The fraction of sp³-hybridized carbons (Fsp3) is 0.273. The average Bonchev–Trinajstić information content (AvgIpc) is 2.76. The largest absolute Gasteiger partial charge is 0.419 e. The van der Waals surface area contributed by atoms with E-state index in [-0.39, 0.29) is 5.56 Å². The summed E-state index contributed by atoms with van der Waals surface area (Å²) in [5.74, 6) is -0.882. The first kappa shape index (κ1) is 13.7. The highest BCUT2D eigenvalue weighted by atomic mass is 32.1. The molecule has 0 spiro atoms. The highest BCUT2D eigenvalue weighted by molar-refractivity contribution is 6.99. The van der Waals surface area contributed by atoms with Gasteiger partial charge < -0.3 is 5.32 Å². The zero-order valence-electron chi connectivity index (χ0n) is 9.75. The molecule has 0 saturated carbocycles. The van der Waals surface area contributed by atoms with Crippen LogP contribution in [0.2, 0.25) is 0 Å². The van der Waals surface area contributed by atoms with Crippen LogP contribution >= 0.6 is 11.7 Å². The first-order valence-corrected chi connectivity index (χ1v) is 6.10. The highest BCUT2D eigenvalue weighted by Crippen LogP contribution is 2.34. The number of anilines is 1. The molecule has 0 bridgehead atoms. The third-order valence-electron chi connectivity index (χ3n) is 2.38. The number of nitrogens with one attached hydrogen (secondary N) is 1. The average molecular weight is 291 g/mol. The summed E-state index contributed by atoms with van der Waals surface area (Å²) >= 11 is 0.909. The van der Waals surface area contributed by atoms with Crippen LogP contribution in [-0.2, 0) is 6.18 Å². The predicted molar refractivity (Wildman–Crippen MR) is 64.5 cm³/mol. The van der Waals surface area contributed by atoms with Gasteiger partial charge in [-0.2, -0.15) is 21.9 Å². The smallest absolute Gasteiger partial charge is 0.368 e. The Kier molecular flexibility index (Phi) is 3.70. The number of aromatic nitrogens is 2. The van der Waals surface area contributed by atoms with E-state index >= 15 is 0 Å². The summed E-state index contributed by atoms with van der Waals surface area (Å²) in [5.41, 5.74) is -0.681. The Balaban J connectivity index is 2.42. The molecule has 102 valence electrons. The van der Waals surface area contributed by atoms with Crippen molar-refractivity contribution in [2.45, 2.75) is 13.1 Å². The Hall–Kier alpha value is -1.70. The monoisotopic (exact) mass is 291 g/mol. The van der Waals surface area contributed by atoms with Gasteiger partial charge in [-0.1, -0.05) is 6.07 Å². The summed E-state index contributed by atoms with van der Waals surface area (Å²) < 4.78 is 58.7. The lowest BCUT2D eigenvalue weighted by Crippen LogP contribution is -2.08. The molecule has 1 aromatic carbocycles. The predicted octanol–water partition coefficient (Wildman–Crippen LogP) is 3.79. The van der Waals surface area contributed by atoms with E-state index in [1.165, 1.54) is 6.07 Å². The fourth-order valence-corrected chi connectivity index (χ4v) is 2.10. The van der Waals surface area contributed by atoms with Crippen molar-refractivity contribution >= 4 is 17.5 Å². The van der Waals surface area contributed by atoms with Crippen molar-refractivity contribution in [1.29, 1.82) is 0 Å². The zero-order chi connectivity index (χ0) is 14.0. The molecule has 0 radical (unpaired) electrons. The molecule has 1 aromatic heterocycles. The lowest BCUT2D eigenvalue weighted by Gasteiger charge is -2.09. The van der Waals surface area contributed by atoms with Gasteiger partial charge in [0.25, 0.3) is 0 Å². The van der Waals surface area contributed by atoms with Gasteiger partial charge in [0.1, 0.15) is 11.5 Å². The summed E-state index contributed by atoms with van der Waals surface area (Å²) in [6.07, 6.45) is -4.70. The van der Waals surface area contributed by atoms with Crippen LogP contribution in [0.25, 0.3) is 11.3 Å². The first-order valence-electron chi connectivity index (χ1n) is 5.37. The van der Waals surface area contributed by atoms with E-state index in [4.69, 9.17) is 0 Å². The number of hydrogen-bond acceptors (Lipinski definition) is 4. The number of halogens is 4. The van der Waals surface area contributed by atoms with Crippen LogP contribution in [0, 0.1) is 5.82 Å². The van der Waals surface area contributed by atoms with Crippen LogP contribution < -0.4 is 5.32 Å². The van der Waals surface area contributed by atoms with Crippen LogP contribution in [0.3, 0.4) is 0 Å². The first-order chi connectivity index (χ1) is 8.93. The third kappa shape index (κ3) is 2.83. The number of alkyl halides is 3. The highest BCUT2D eigenvalue weighted by Gasteiger charge is 2.34. The second kappa shape index (κ2) is 5.12. The quantitative estimate of drug-likeness (QED) is 0.874. The number of rotatable bonds is 3. The van der Waals surface area contributed by atoms with E-state index in [0.29, 0.717) is 24.1 Å². The second-order valence-corrected chi connectivity index (χ2v) is 4.21. The van der Waals surface area contributed by atoms with E-state index in [9.17, 15) is 17.6 Å². The number of benzene rings is 1. The molecular formula is C11H9F4N3S. The van der Waals surface area contributed by atoms with E-state index in [1.54, 1.807) is 0 Å². The van der Waals surface area contributed by atoms with Gasteiger partial charge in [-0.15, -0.1) is 0 Å². The van der Waals surface area contributed by atoms with Gasteiger partial charge in [-0.3, -0.25) is 0 Å². The van der Waals surface area contributed by atoms with Gasteiger partial charge in [0, 0.05) is 12.1 Å². The van der Waals surface area contributed by atoms with Gasteiger partial charge in [-0.25, -0.2) is 4.39 Å². The summed E-state index contributed by atoms with van der Waals surface area (Å²) in [7, 11) is 0. The molecule has 0 aliphatic heterocycles. The fourth-order valence-electron chi connectivity index (χ4n) is 1.55. The Morgan fingerprint density at radius 1 is 1.26 bits per heavy atom. The second-order valence-electron chi connectivity index (χ2n) is 3.68. The van der Waals surface area contributed by atoms with Crippen molar-refractivity contribution in [1.82, 2.24) is 8.75 Å². The topological polar surface area (TPSA) is 37.8 Å². The maximum atomic E-state index is 13.5. The molecule has 3 nitrogen and oxygen atoms in total. The molecule has 0 atom stereocenters. The van der Waals surface area contributed by atoms with Crippen molar-refractivity contribution in [2.24, 2.45) is 0 Å². The maximum absolute atomic E-state index is 13.5. The Morgan fingerprint density at radius 3 is 2.58 bits per heavy atom. The molecular weight excluding hydrogens is 282 g/mol. The molecule has 0 amide bonds. The standard InChI is InChI=1S/C11H9F4N3S/c1-2-16-10-9(17-19-18-10)6-3-4-7(8(12)5-6)11(13,14)15/h3-5H,2H2,1H3,(H,16,18). The lowest BCUT2D eigenvalue weighted by molar-refractivity contribution is -0.139. The van der Waals surface area contributed by atoms with Crippen molar-refractivity contribution in [3.8, 4) is 11.3 Å². The van der Waals surface area contributed by atoms with Gasteiger partial charge in [-0.05, 0) is 19.1 Å². The van der Waals surface area contributed by atoms with Gasteiger partial charge in [0.05, 0.1) is 17.3 Å². The molecule has 1 N–H and O–H groups in total. The molecule has 2 aromatic rings. The van der Waals surface area contributed by atoms with Crippen molar-refractivity contribution in [3.05, 3.63) is 29.6 Å². The molecule has 8 heteroatoms. The van der Waals surface area contributed by atoms with Crippen LogP contribution in [0.5, 0.6) is 0 Å². The van der Waals surface area contributed by atoms with Crippen molar-refractivity contribution in [2.75, 3.05) is 11.9 Å². The zero-order valence-corrected chi connectivity index (χ0v) is 10.6. The molecule has 0 unspecified atom stereocenters. The van der Waals surface area contributed by atoms with Crippen LogP contribution in [0.4, 0.5) is 23.4 Å². The molecule has 2 rings (SSSR count). The molecule has 0 fully saturated rings. The summed E-state index contributed by atoms with van der Waals surface area (Å²) in [4.78, 5) is 0. The minimum absolute atomic E-state index is 0.259. The Morgan fingerprint density at radius 2 is 2.00 bits per heavy atom. The van der Waals surface area contributed by atoms with Crippen LogP contribution in [0.1, 0.15) is 12.5 Å². The van der Waals surface area contributed by atoms with E-state index < -0.39 is 17.6 Å². The molecule has 0 aliphatic rings. The van der Waals surface area contributed by atoms with E-state index in [1.807, 2.05) is 6.92 Å². The normalized spacial score (nSPS) is 11.6. The Bertz CT molecular complexity index is 580. The van der Waals surface area contributed by atoms with Gasteiger partial charge in [0.2, 0.25) is 0 Å². The SMILES string of the molecule is CCNc1nsnc1-c1ccc(C(F)(F)F)c(F)c1. The minimum Gasteiger partial charge on any atom is -0.368 e. The summed E-state index contributed by atoms with van der Waals surface area (Å²) in [5, 5.41) is 2.91. The van der Waals surface area contributed by atoms with Gasteiger partial charge >= 0.3 is 6.18 Å². The van der Waals surface area contributed by atoms with E-state index in [0.717, 1.165) is 17.8 Å². The Labute approximate surface area is 110 Å². The maximum Gasteiger partial charge on any atom is 0.419 e. The molecule has 0 saturated heterocycles.